The van der Waals surface area contributed by atoms with Crippen molar-refractivity contribution in [2.45, 2.75) is 13.5 Å². The van der Waals surface area contributed by atoms with Crippen LogP contribution in [0.25, 0.3) is 6.08 Å². The number of amides is 1. The Morgan fingerprint density at radius 3 is 2.33 bits per heavy atom. The summed E-state index contributed by atoms with van der Waals surface area (Å²) in [5, 5.41) is 31.8. The van der Waals surface area contributed by atoms with Crippen LogP contribution in [0, 0.1) is 21.4 Å². The second kappa shape index (κ2) is 11.8. The number of nitrogens with one attached hydrogen (secondary N) is 1. The predicted octanol–water partition coefficient (Wildman–Crippen LogP) is 4.82. The summed E-state index contributed by atoms with van der Waals surface area (Å²) in [4.78, 5) is 33.8. The van der Waals surface area contributed by atoms with Gasteiger partial charge >= 0.3 is 5.97 Å². The van der Waals surface area contributed by atoms with Crippen LogP contribution in [0.1, 0.15) is 28.4 Å². The first-order chi connectivity index (χ1) is 17.3. The first kappa shape index (κ1) is 25.5. The molecule has 0 unspecified atom stereocenters. The topological polar surface area (TPSA) is 152 Å². The number of nitro groups is 1. The van der Waals surface area contributed by atoms with Crippen LogP contribution in [-0.4, -0.2) is 28.5 Å². The molecule has 0 aliphatic rings. The third kappa shape index (κ3) is 6.68. The molecular formula is C26H21N3O7. The van der Waals surface area contributed by atoms with Gasteiger partial charge in [0.25, 0.3) is 11.6 Å². The molecule has 0 fully saturated rings. The number of ether oxygens (including phenoxy) is 2. The van der Waals surface area contributed by atoms with E-state index in [0.717, 1.165) is 5.56 Å². The van der Waals surface area contributed by atoms with E-state index in [1.165, 1.54) is 42.5 Å². The molecule has 0 heterocycles. The van der Waals surface area contributed by atoms with E-state index in [2.05, 4.69) is 5.32 Å². The molecule has 3 aromatic rings. The van der Waals surface area contributed by atoms with E-state index in [9.17, 15) is 25.0 Å². The highest BCUT2D eigenvalue weighted by molar-refractivity contribution is 6.09. The van der Waals surface area contributed by atoms with Gasteiger partial charge in [-0.05, 0) is 72.7 Å². The minimum absolute atomic E-state index is 0.0143. The molecule has 0 radical (unpaired) electrons. The number of benzene rings is 3. The lowest BCUT2D eigenvalue weighted by Gasteiger charge is -2.13. The number of non-ortho nitro benzene ring substituents is 1. The Morgan fingerprint density at radius 2 is 1.75 bits per heavy atom. The lowest BCUT2D eigenvalue weighted by atomic mass is 10.1. The molecule has 0 aliphatic carbocycles. The van der Waals surface area contributed by atoms with Crippen molar-refractivity contribution >= 4 is 29.3 Å². The molecule has 10 heteroatoms. The van der Waals surface area contributed by atoms with Crippen molar-refractivity contribution in [3.05, 3.63) is 99.1 Å². The summed E-state index contributed by atoms with van der Waals surface area (Å²) in [7, 11) is 0. The van der Waals surface area contributed by atoms with Gasteiger partial charge in [-0.1, -0.05) is 6.07 Å². The molecule has 1 amide bonds. The lowest BCUT2D eigenvalue weighted by molar-refractivity contribution is -0.384. The SMILES string of the molecule is CCOc1cc(/C=C(\C#N)C(=O)Nc2ccc(C(=O)O)cc2)ccc1OCc1ccc([N+](=O)[O-])cc1. The number of nitriles is 1. The molecule has 0 aromatic heterocycles. The number of carbonyl (C=O) groups excluding carboxylic acids is 1. The van der Waals surface area contributed by atoms with Gasteiger partial charge in [0.15, 0.2) is 11.5 Å². The lowest BCUT2D eigenvalue weighted by Crippen LogP contribution is -2.13. The Bertz CT molecular complexity index is 1340. The maximum atomic E-state index is 12.6. The zero-order valence-corrected chi connectivity index (χ0v) is 19.1. The van der Waals surface area contributed by atoms with Crippen molar-refractivity contribution in [1.82, 2.24) is 0 Å². The standard InChI is InChI=1S/C26H21N3O7/c1-2-35-24-14-18(5-12-23(24)36-16-17-3-10-22(11-4-17)29(33)34)13-20(15-27)25(30)28-21-8-6-19(7-9-21)26(31)32/h3-14H,2,16H2,1H3,(H,28,30)(H,31,32)/b20-13+. The summed E-state index contributed by atoms with van der Waals surface area (Å²) in [6.45, 7) is 2.30. The van der Waals surface area contributed by atoms with E-state index in [0.29, 0.717) is 29.4 Å². The zero-order valence-electron chi connectivity index (χ0n) is 19.1. The quantitative estimate of drug-likeness (QED) is 0.179. The van der Waals surface area contributed by atoms with Gasteiger partial charge < -0.3 is 19.9 Å². The van der Waals surface area contributed by atoms with E-state index in [4.69, 9.17) is 14.6 Å². The van der Waals surface area contributed by atoms with E-state index in [1.54, 1.807) is 37.3 Å². The van der Waals surface area contributed by atoms with Crippen LogP contribution in [0.4, 0.5) is 11.4 Å². The maximum Gasteiger partial charge on any atom is 0.335 e. The molecule has 0 atom stereocenters. The molecule has 0 saturated heterocycles. The van der Waals surface area contributed by atoms with Gasteiger partial charge in [0.05, 0.1) is 17.1 Å². The number of anilines is 1. The highest BCUT2D eigenvalue weighted by Crippen LogP contribution is 2.30. The number of carboxylic acids is 1. The van der Waals surface area contributed by atoms with E-state index >= 15 is 0 Å². The van der Waals surface area contributed by atoms with Gasteiger partial charge in [0, 0.05) is 17.8 Å². The molecule has 36 heavy (non-hydrogen) atoms. The van der Waals surface area contributed by atoms with Gasteiger partial charge in [0.1, 0.15) is 18.2 Å². The summed E-state index contributed by atoms with van der Waals surface area (Å²) >= 11 is 0. The number of hydrogen-bond acceptors (Lipinski definition) is 7. The fraction of sp³-hybridized carbons (Fsp3) is 0.115. The molecule has 0 aliphatic heterocycles. The van der Waals surface area contributed by atoms with Crippen molar-refractivity contribution in [2.75, 3.05) is 11.9 Å². The molecule has 0 bridgehead atoms. The Hall–Kier alpha value is -5.17. The normalized spacial score (nSPS) is 10.7. The van der Waals surface area contributed by atoms with Crippen molar-refractivity contribution in [3.8, 4) is 17.6 Å². The van der Waals surface area contributed by atoms with Gasteiger partial charge in [0.2, 0.25) is 0 Å². The van der Waals surface area contributed by atoms with Crippen molar-refractivity contribution in [2.24, 2.45) is 0 Å². The zero-order chi connectivity index (χ0) is 26.1. The Balaban J connectivity index is 1.74. The minimum atomic E-state index is -1.09. The Labute approximate surface area is 206 Å². The first-order valence-corrected chi connectivity index (χ1v) is 10.7. The summed E-state index contributed by atoms with van der Waals surface area (Å²) < 4.78 is 11.5. The number of rotatable bonds is 10. The van der Waals surface area contributed by atoms with E-state index in [1.807, 2.05) is 6.07 Å². The number of nitro benzene ring substituents is 1. The fourth-order valence-electron chi connectivity index (χ4n) is 3.09. The Kier molecular flexibility index (Phi) is 8.35. The van der Waals surface area contributed by atoms with Gasteiger partial charge in [-0.25, -0.2) is 4.79 Å². The maximum absolute atomic E-state index is 12.6. The molecule has 3 aromatic carbocycles. The highest BCUT2D eigenvalue weighted by atomic mass is 16.6. The monoisotopic (exact) mass is 487 g/mol. The summed E-state index contributed by atoms with van der Waals surface area (Å²) in [6.07, 6.45) is 1.39. The van der Waals surface area contributed by atoms with E-state index in [-0.39, 0.29) is 23.4 Å². The van der Waals surface area contributed by atoms with Crippen molar-refractivity contribution < 1.29 is 29.1 Å². The van der Waals surface area contributed by atoms with Crippen LogP contribution in [0.15, 0.2) is 72.3 Å². The summed E-state index contributed by atoms with van der Waals surface area (Å²) in [5.74, 6) is -0.920. The highest BCUT2D eigenvalue weighted by Gasteiger charge is 2.13. The number of carboxylic acid groups (broad SMARTS) is 1. The smallest absolute Gasteiger partial charge is 0.335 e. The van der Waals surface area contributed by atoms with Crippen LogP contribution in [0.2, 0.25) is 0 Å². The number of aromatic carboxylic acids is 1. The molecule has 2 N–H and O–H groups in total. The third-order valence-electron chi connectivity index (χ3n) is 4.87. The predicted molar refractivity (Wildman–Crippen MR) is 131 cm³/mol. The fourth-order valence-corrected chi connectivity index (χ4v) is 3.09. The molecule has 3 rings (SSSR count). The van der Waals surface area contributed by atoms with Crippen molar-refractivity contribution in [1.29, 1.82) is 5.26 Å². The average Bonchev–Trinajstić information content (AvgIpc) is 2.87. The van der Waals surface area contributed by atoms with Crippen LogP contribution < -0.4 is 14.8 Å². The first-order valence-electron chi connectivity index (χ1n) is 10.7. The number of hydrogen-bond donors (Lipinski definition) is 2. The number of carbonyl (C=O) groups is 2. The molecule has 0 spiro atoms. The second-order valence-electron chi connectivity index (χ2n) is 7.36. The van der Waals surface area contributed by atoms with Crippen molar-refractivity contribution in [3.63, 3.8) is 0 Å². The van der Waals surface area contributed by atoms with E-state index < -0.39 is 16.8 Å². The van der Waals surface area contributed by atoms with Crippen LogP contribution in [0.5, 0.6) is 11.5 Å². The Morgan fingerprint density at radius 1 is 1.06 bits per heavy atom. The van der Waals surface area contributed by atoms with Crippen LogP contribution in [-0.2, 0) is 11.4 Å². The third-order valence-corrected chi connectivity index (χ3v) is 4.87. The molecular weight excluding hydrogens is 466 g/mol. The molecule has 0 saturated carbocycles. The minimum Gasteiger partial charge on any atom is -0.490 e. The summed E-state index contributed by atoms with van der Waals surface area (Å²) in [6, 6.07) is 18.3. The van der Waals surface area contributed by atoms with Gasteiger partial charge in [-0.2, -0.15) is 5.26 Å². The average molecular weight is 487 g/mol. The van der Waals surface area contributed by atoms with Gasteiger partial charge in [-0.15, -0.1) is 0 Å². The largest absolute Gasteiger partial charge is 0.490 e. The van der Waals surface area contributed by atoms with Gasteiger partial charge in [-0.3, -0.25) is 14.9 Å². The molecule has 10 nitrogen and oxygen atoms in total. The number of nitrogens with zero attached hydrogens (tertiary/aromatic N) is 2. The molecule has 182 valence electrons. The summed E-state index contributed by atoms with van der Waals surface area (Å²) in [5.41, 5.74) is 1.49. The van der Waals surface area contributed by atoms with Crippen LogP contribution in [0.3, 0.4) is 0 Å². The van der Waals surface area contributed by atoms with Crippen LogP contribution >= 0.6 is 0 Å². The second-order valence-corrected chi connectivity index (χ2v) is 7.36.